The van der Waals surface area contributed by atoms with Gasteiger partial charge in [0, 0.05) is 31.6 Å². The summed E-state index contributed by atoms with van der Waals surface area (Å²) in [7, 11) is 0. The van der Waals surface area contributed by atoms with Crippen LogP contribution < -0.4 is 15.4 Å². The number of ether oxygens (including phenoxy) is 1. The highest BCUT2D eigenvalue weighted by molar-refractivity contribution is 14.0. The Balaban J connectivity index is 0.00000289. The summed E-state index contributed by atoms with van der Waals surface area (Å²) in [6.07, 6.45) is 2.05. The molecular formula is C23H34F3IN4O. The Hall–Kier alpha value is -1.23. The number of guanidine groups is 1. The van der Waals surface area contributed by atoms with Crippen molar-refractivity contribution in [2.24, 2.45) is 10.9 Å². The molecule has 1 aliphatic carbocycles. The number of benzene rings is 1. The predicted molar refractivity (Wildman–Crippen MR) is 131 cm³/mol. The van der Waals surface area contributed by atoms with Crippen molar-refractivity contribution in [3.8, 4) is 5.75 Å². The summed E-state index contributed by atoms with van der Waals surface area (Å²) in [5, 5.41) is 6.92. The van der Waals surface area contributed by atoms with E-state index in [0.717, 1.165) is 49.5 Å². The third kappa shape index (κ3) is 6.42. The Morgan fingerprint density at radius 1 is 1.25 bits per heavy atom. The molecule has 0 bridgehead atoms. The molecule has 2 fully saturated rings. The molecule has 180 valence electrons. The van der Waals surface area contributed by atoms with Crippen molar-refractivity contribution in [3.63, 3.8) is 0 Å². The van der Waals surface area contributed by atoms with Crippen LogP contribution in [0.25, 0.3) is 0 Å². The Bertz CT molecular complexity index is 783. The normalized spacial score (nSPS) is 25.2. The van der Waals surface area contributed by atoms with Gasteiger partial charge in [0.1, 0.15) is 11.4 Å². The van der Waals surface area contributed by atoms with E-state index >= 15 is 0 Å². The molecule has 1 aromatic rings. The molecule has 1 spiro atoms. The average Bonchev–Trinajstić information content (AvgIpc) is 3.34. The Labute approximate surface area is 205 Å². The van der Waals surface area contributed by atoms with Crippen LogP contribution in [0.1, 0.15) is 57.1 Å². The molecule has 4 rings (SSSR count). The molecule has 3 aliphatic rings. The summed E-state index contributed by atoms with van der Waals surface area (Å²) in [4.78, 5) is 6.24. The van der Waals surface area contributed by atoms with Crippen molar-refractivity contribution in [1.82, 2.24) is 15.5 Å². The smallest absolute Gasteiger partial charge is 0.401 e. The lowest BCUT2D eigenvalue weighted by Gasteiger charge is -2.40. The largest absolute Gasteiger partial charge is 0.487 e. The van der Waals surface area contributed by atoms with Crippen LogP contribution in [0.15, 0.2) is 29.3 Å². The lowest BCUT2D eigenvalue weighted by atomic mass is 9.86. The summed E-state index contributed by atoms with van der Waals surface area (Å²) in [6, 6.07) is 8.29. The maximum Gasteiger partial charge on any atom is 0.401 e. The van der Waals surface area contributed by atoms with E-state index < -0.39 is 12.7 Å². The molecule has 1 saturated carbocycles. The Morgan fingerprint density at radius 2 is 2.00 bits per heavy atom. The summed E-state index contributed by atoms with van der Waals surface area (Å²) in [6.45, 7) is 3.39. The van der Waals surface area contributed by atoms with Crippen molar-refractivity contribution in [3.05, 3.63) is 29.8 Å². The van der Waals surface area contributed by atoms with Crippen molar-refractivity contribution in [2.45, 2.75) is 63.3 Å². The van der Waals surface area contributed by atoms with Gasteiger partial charge in [-0.05, 0) is 57.6 Å². The number of hydrogen-bond acceptors (Lipinski definition) is 3. The maximum atomic E-state index is 12.7. The minimum atomic E-state index is -4.14. The summed E-state index contributed by atoms with van der Waals surface area (Å²) < 4.78 is 44.4. The highest BCUT2D eigenvalue weighted by Crippen LogP contribution is 2.46. The van der Waals surface area contributed by atoms with Gasteiger partial charge in [0.2, 0.25) is 0 Å². The van der Waals surface area contributed by atoms with Gasteiger partial charge in [-0.25, -0.2) is 0 Å². The van der Waals surface area contributed by atoms with Crippen molar-refractivity contribution >= 4 is 29.9 Å². The van der Waals surface area contributed by atoms with Gasteiger partial charge in [0.05, 0.1) is 12.6 Å². The number of alkyl halides is 3. The average molecular weight is 566 g/mol. The van der Waals surface area contributed by atoms with Crippen LogP contribution in [-0.2, 0) is 0 Å². The van der Waals surface area contributed by atoms with E-state index in [1.807, 2.05) is 25.1 Å². The third-order valence-electron chi connectivity index (χ3n) is 6.65. The highest BCUT2D eigenvalue weighted by Gasteiger charge is 2.43. The van der Waals surface area contributed by atoms with Crippen LogP contribution in [0.5, 0.6) is 5.75 Å². The maximum absolute atomic E-state index is 12.7. The minimum Gasteiger partial charge on any atom is -0.487 e. The quantitative estimate of drug-likeness (QED) is 0.303. The first-order chi connectivity index (χ1) is 14.9. The minimum absolute atomic E-state index is 0. The SMILES string of the molecule is CCNC(=NCC1CCN(CC(F)(F)F)C1)NC1CC2(CCCC2)Oc2ccccc21.I. The van der Waals surface area contributed by atoms with Crippen LogP contribution in [0.2, 0.25) is 0 Å². The van der Waals surface area contributed by atoms with Gasteiger partial charge >= 0.3 is 6.18 Å². The summed E-state index contributed by atoms with van der Waals surface area (Å²) in [5.41, 5.74) is 1.04. The van der Waals surface area contributed by atoms with E-state index in [1.165, 1.54) is 17.7 Å². The van der Waals surface area contributed by atoms with Crippen LogP contribution in [0.3, 0.4) is 0 Å². The highest BCUT2D eigenvalue weighted by atomic mass is 127. The molecule has 2 heterocycles. The lowest BCUT2D eigenvalue weighted by Crippen LogP contribution is -2.46. The van der Waals surface area contributed by atoms with E-state index in [4.69, 9.17) is 9.73 Å². The first kappa shape index (κ1) is 25.4. The van der Waals surface area contributed by atoms with Crippen LogP contribution in [0, 0.1) is 5.92 Å². The van der Waals surface area contributed by atoms with Gasteiger partial charge < -0.3 is 15.4 Å². The Kier molecular flexibility index (Phi) is 8.57. The number of para-hydroxylation sites is 1. The third-order valence-corrected chi connectivity index (χ3v) is 6.65. The second-order valence-electron chi connectivity index (χ2n) is 9.16. The zero-order valence-corrected chi connectivity index (χ0v) is 20.9. The number of fused-ring (bicyclic) bond motifs is 1. The first-order valence-electron chi connectivity index (χ1n) is 11.5. The molecule has 5 nitrogen and oxygen atoms in total. The molecule has 2 unspecified atom stereocenters. The fourth-order valence-electron chi connectivity index (χ4n) is 5.24. The topological polar surface area (TPSA) is 48.9 Å². The van der Waals surface area contributed by atoms with E-state index in [0.29, 0.717) is 19.6 Å². The van der Waals surface area contributed by atoms with Crippen molar-refractivity contribution in [2.75, 3.05) is 32.7 Å². The second-order valence-corrected chi connectivity index (χ2v) is 9.16. The summed E-state index contributed by atoms with van der Waals surface area (Å²) in [5.74, 6) is 1.83. The van der Waals surface area contributed by atoms with Crippen LogP contribution in [-0.4, -0.2) is 55.4 Å². The van der Waals surface area contributed by atoms with Crippen molar-refractivity contribution < 1.29 is 17.9 Å². The number of hydrogen-bond donors (Lipinski definition) is 2. The number of aliphatic imine (C=N–C) groups is 1. The van der Waals surface area contributed by atoms with Gasteiger partial charge in [0.15, 0.2) is 5.96 Å². The molecule has 2 aliphatic heterocycles. The monoisotopic (exact) mass is 566 g/mol. The molecule has 1 aromatic carbocycles. The molecule has 9 heteroatoms. The zero-order chi connectivity index (χ0) is 21.9. The predicted octanol–water partition coefficient (Wildman–Crippen LogP) is 4.88. The fraction of sp³-hybridized carbons (Fsp3) is 0.696. The number of likely N-dealkylation sites (tertiary alicyclic amines) is 1. The zero-order valence-electron chi connectivity index (χ0n) is 18.6. The molecule has 2 N–H and O–H groups in total. The molecule has 0 aromatic heterocycles. The van der Waals surface area contributed by atoms with Gasteiger partial charge in [-0.15, -0.1) is 24.0 Å². The molecular weight excluding hydrogens is 532 g/mol. The molecule has 2 atom stereocenters. The molecule has 1 saturated heterocycles. The van der Waals surface area contributed by atoms with E-state index in [-0.39, 0.29) is 41.5 Å². The molecule has 32 heavy (non-hydrogen) atoms. The van der Waals surface area contributed by atoms with Crippen LogP contribution >= 0.6 is 24.0 Å². The van der Waals surface area contributed by atoms with E-state index in [2.05, 4.69) is 16.7 Å². The van der Waals surface area contributed by atoms with Gasteiger partial charge in [-0.3, -0.25) is 9.89 Å². The number of rotatable bonds is 5. The number of halogens is 4. The Morgan fingerprint density at radius 3 is 2.72 bits per heavy atom. The number of nitrogens with zero attached hydrogens (tertiary/aromatic N) is 2. The van der Waals surface area contributed by atoms with Gasteiger partial charge in [0.25, 0.3) is 0 Å². The standard InChI is InChI=1S/C23H33F3N4O.HI/c1-2-27-21(28-14-17-9-12-30(15-17)16-23(24,25)26)29-19-13-22(10-5-6-11-22)31-20-8-4-3-7-18(19)20;/h3-4,7-8,17,19H,2,5-6,9-16H2,1H3,(H2,27,28,29);1H. The molecule has 0 radical (unpaired) electrons. The number of nitrogens with one attached hydrogen (secondary N) is 2. The van der Waals surface area contributed by atoms with Gasteiger partial charge in [-0.1, -0.05) is 18.2 Å². The van der Waals surface area contributed by atoms with E-state index in [1.54, 1.807) is 0 Å². The van der Waals surface area contributed by atoms with E-state index in [9.17, 15) is 13.2 Å². The van der Waals surface area contributed by atoms with Crippen molar-refractivity contribution in [1.29, 1.82) is 0 Å². The second kappa shape index (κ2) is 10.8. The van der Waals surface area contributed by atoms with Gasteiger partial charge in [-0.2, -0.15) is 13.2 Å². The van der Waals surface area contributed by atoms with Crippen LogP contribution in [0.4, 0.5) is 13.2 Å². The first-order valence-corrected chi connectivity index (χ1v) is 11.5. The summed E-state index contributed by atoms with van der Waals surface area (Å²) >= 11 is 0. The fourth-order valence-corrected chi connectivity index (χ4v) is 5.24. The lowest BCUT2D eigenvalue weighted by molar-refractivity contribution is -0.143. The molecule has 0 amide bonds.